The Bertz CT molecular complexity index is 1630. The summed E-state index contributed by atoms with van der Waals surface area (Å²) in [5.74, 6) is -2.15. The van der Waals surface area contributed by atoms with Crippen LogP contribution in [0, 0.1) is 5.82 Å². The lowest BCUT2D eigenvalue weighted by Gasteiger charge is -2.25. The van der Waals surface area contributed by atoms with Gasteiger partial charge in [-0.1, -0.05) is 12.1 Å². The van der Waals surface area contributed by atoms with Crippen molar-refractivity contribution in [2.24, 2.45) is 5.73 Å². The number of fused-ring (bicyclic) bond motifs is 2. The van der Waals surface area contributed by atoms with Crippen LogP contribution in [0.2, 0.25) is 0 Å². The molecule has 0 fully saturated rings. The highest BCUT2D eigenvalue weighted by Gasteiger charge is 2.43. The summed E-state index contributed by atoms with van der Waals surface area (Å²) >= 11 is 0. The van der Waals surface area contributed by atoms with E-state index in [9.17, 15) is 23.6 Å². The molecule has 5 rings (SSSR count). The number of amides is 2. The van der Waals surface area contributed by atoms with Gasteiger partial charge in [-0.15, -0.1) is 0 Å². The Labute approximate surface area is 215 Å². The minimum absolute atomic E-state index is 0.00229. The van der Waals surface area contributed by atoms with Gasteiger partial charge < -0.3 is 19.6 Å². The second-order valence-electron chi connectivity index (χ2n) is 8.48. The summed E-state index contributed by atoms with van der Waals surface area (Å²) < 4.78 is 30.2. The fourth-order valence-corrected chi connectivity index (χ4v) is 4.40. The average molecular weight is 516 g/mol. The van der Waals surface area contributed by atoms with E-state index in [1.54, 1.807) is 43.3 Å². The summed E-state index contributed by atoms with van der Waals surface area (Å²) in [5.41, 5.74) is 5.93. The molecule has 0 saturated heterocycles. The molecule has 2 N–H and O–H groups in total. The van der Waals surface area contributed by atoms with Crippen molar-refractivity contribution >= 4 is 34.4 Å². The predicted octanol–water partition coefficient (Wildman–Crippen LogP) is 3.72. The molecule has 0 saturated carbocycles. The quantitative estimate of drug-likeness (QED) is 0.371. The van der Waals surface area contributed by atoms with Crippen molar-refractivity contribution in [3.05, 3.63) is 105 Å². The van der Waals surface area contributed by atoms with Crippen molar-refractivity contribution in [3.8, 4) is 5.75 Å². The number of primary amides is 1. The fraction of sp³-hybridized carbons (Fsp3) is 0.143. The number of anilines is 1. The van der Waals surface area contributed by atoms with Gasteiger partial charge in [-0.25, -0.2) is 9.18 Å². The first kappa shape index (κ1) is 24.7. The lowest BCUT2D eigenvalue weighted by molar-refractivity contribution is -0.119. The van der Waals surface area contributed by atoms with Crippen molar-refractivity contribution < 1.29 is 32.7 Å². The van der Waals surface area contributed by atoms with E-state index in [-0.39, 0.29) is 35.5 Å². The van der Waals surface area contributed by atoms with Crippen molar-refractivity contribution in [2.75, 3.05) is 18.1 Å². The highest BCUT2D eigenvalue weighted by molar-refractivity contribution is 6.10. The lowest BCUT2D eigenvalue weighted by atomic mass is 9.98. The number of halogens is 1. The molecule has 2 heterocycles. The molecule has 1 aromatic heterocycles. The first-order valence-corrected chi connectivity index (χ1v) is 11.7. The second-order valence-corrected chi connectivity index (χ2v) is 8.48. The van der Waals surface area contributed by atoms with Crippen LogP contribution >= 0.6 is 0 Å². The zero-order valence-corrected chi connectivity index (χ0v) is 20.1. The van der Waals surface area contributed by atoms with E-state index in [2.05, 4.69) is 0 Å². The number of benzene rings is 3. The smallest absolute Gasteiger partial charge is 0.338 e. The van der Waals surface area contributed by atoms with Crippen molar-refractivity contribution in [1.82, 2.24) is 0 Å². The normalized spacial score (nSPS) is 14.4. The Hall–Kier alpha value is -4.99. The molecular weight excluding hydrogens is 495 g/mol. The molecule has 38 heavy (non-hydrogen) atoms. The van der Waals surface area contributed by atoms with E-state index in [0.29, 0.717) is 22.6 Å². The van der Waals surface area contributed by atoms with E-state index in [1.807, 2.05) is 0 Å². The third-order valence-electron chi connectivity index (χ3n) is 6.07. The van der Waals surface area contributed by atoms with Gasteiger partial charge in [0.1, 0.15) is 17.1 Å². The van der Waals surface area contributed by atoms with Gasteiger partial charge in [0.05, 0.1) is 29.2 Å². The Morgan fingerprint density at radius 1 is 1.03 bits per heavy atom. The second kappa shape index (κ2) is 9.81. The minimum atomic E-state index is -0.931. The van der Waals surface area contributed by atoms with Crippen LogP contribution in [0.4, 0.5) is 10.1 Å². The molecule has 9 nitrogen and oxygen atoms in total. The molecule has 0 spiro atoms. The van der Waals surface area contributed by atoms with E-state index >= 15 is 0 Å². The molecule has 10 heteroatoms. The standard InChI is InChI=1S/C28H21FN2O7/c1-2-36-28(35)16-3-8-18(9-4-16)31-24(15-5-10-19(11-6-15)37-14-22(30)32)23-25(33)20-13-17(29)7-12-21(20)38-26(23)27(31)34/h3-13,24H,2,14H2,1H3,(H2,30,32). The predicted molar refractivity (Wildman–Crippen MR) is 135 cm³/mol. The van der Waals surface area contributed by atoms with Crippen LogP contribution in [0.3, 0.4) is 0 Å². The minimum Gasteiger partial charge on any atom is -0.484 e. The highest BCUT2D eigenvalue weighted by atomic mass is 19.1. The summed E-state index contributed by atoms with van der Waals surface area (Å²) in [6, 6.07) is 15.2. The molecule has 1 atom stereocenters. The summed E-state index contributed by atoms with van der Waals surface area (Å²) in [6.45, 7) is 1.59. The maximum Gasteiger partial charge on any atom is 0.338 e. The molecule has 4 aromatic rings. The van der Waals surface area contributed by atoms with E-state index in [1.165, 1.54) is 23.1 Å². The van der Waals surface area contributed by atoms with Gasteiger partial charge in [-0.2, -0.15) is 0 Å². The van der Waals surface area contributed by atoms with Gasteiger partial charge in [0.15, 0.2) is 12.0 Å². The molecule has 1 aliphatic heterocycles. The third kappa shape index (κ3) is 4.36. The number of hydrogen-bond acceptors (Lipinski definition) is 7. The monoisotopic (exact) mass is 516 g/mol. The largest absolute Gasteiger partial charge is 0.484 e. The van der Waals surface area contributed by atoms with Gasteiger partial charge >= 0.3 is 5.97 Å². The zero-order valence-electron chi connectivity index (χ0n) is 20.1. The van der Waals surface area contributed by atoms with Gasteiger partial charge in [-0.3, -0.25) is 19.3 Å². The van der Waals surface area contributed by atoms with E-state index in [0.717, 1.165) is 12.1 Å². The lowest BCUT2D eigenvalue weighted by Crippen LogP contribution is -2.29. The Morgan fingerprint density at radius 3 is 2.39 bits per heavy atom. The summed E-state index contributed by atoms with van der Waals surface area (Å²) in [6.07, 6.45) is 0. The summed E-state index contributed by atoms with van der Waals surface area (Å²) in [4.78, 5) is 51.8. The molecule has 0 aliphatic carbocycles. The first-order chi connectivity index (χ1) is 18.3. The Morgan fingerprint density at radius 2 is 1.74 bits per heavy atom. The number of carbonyl (C=O) groups excluding carboxylic acids is 3. The third-order valence-corrected chi connectivity index (χ3v) is 6.07. The van der Waals surface area contributed by atoms with Crippen LogP contribution in [0.25, 0.3) is 11.0 Å². The summed E-state index contributed by atoms with van der Waals surface area (Å²) in [7, 11) is 0. The van der Waals surface area contributed by atoms with Crippen molar-refractivity contribution in [3.63, 3.8) is 0 Å². The van der Waals surface area contributed by atoms with Crippen LogP contribution in [-0.4, -0.2) is 31.0 Å². The Kier molecular flexibility index (Phi) is 6.38. The van der Waals surface area contributed by atoms with Crippen LogP contribution in [-0.2, 0) is 9.53 Å². The van der Waals surface area contributed by atoms with Crippen LogP contribution < -0.4 is 20.8 Å². The van der Waals surface area contributed by atoms with Gasteiger partial charge in [-0.05, 0) is 67.1 Å². The van der Waals surface area contributed by atoms with Crippen molar-refractivity contribution in [1.29, 1.82) is 0 Å². The van der Waals surface area contributed by atoms with E-state index in [4.69, 9.17) is 19.6 Å². The maximum atomic E-state index is 14.0. The van der Waals surface area contributed by atoms with Crippen LogP contribution in [0.15, 0.2) is 75.9 Å². The maximum absolute atomic E-state index is 14.0. The highest BCUT2D eigenvalue weighted by Crippen LogP contribution is 2.41. The average Bonchev–Trinajstić information content (AvgIpc) is 3.20. The molecule has 0 radical (unpaired) electrons. The van der Waals surface area contributed by atoms with Gasteiger partial charge in [0.2, 0.25) is 5.76 Å². The van der Waals surface area contributed by atoms with Crippen LogP contribution in [0.5, 0.6) is 5.75 Å². The number of nitrogens with two attached hydrogens (primary N) is 1. The molecule has 1 unspecified atom stereocenters. The molecule has 192 valence electrons. The van der Waals surface area contributed by atoms with Crippen LogP contribution in [0.1, 0.15) is 45.0 Å². The molecule has 1 aliphatic rings. The van der Waals surface area contributed by atoms with Crippen molar-refractivity contribution in [2.45, 2.75) is 13.0 Å². The SMILES string of the molecule is CCOC(=O)c1ccc(N2C(=O)c3oc4ccc(F)cc4c(=O)c3C2c2ccc(OCC(N)=O)cc2)cc1. The summed E-state index contributed by atoms with van der Waals surface area (Å²) in [5, 5.41) is 0.00229. The number of carbonyl (C=O) groups is 3. The molecule has 0 bridgehead atoms. The number of nitrogens with zero attached hydrogens (tertiary/aromatic N) is 1. The molecular formula is C28H21FN2O7. The van der Waals surface area contributed by atoms with Gasteiger partial charge in [0, 0.05) is 5.69 Å². The molecule has 2 amide bonds. The number of rotatable bonds is 7. The topological polar surface area (TPSA) is 129 Å². The molecule has 3 aromatic carbocycles. The van der Waals surface area contributed by atoms with Gasteiger partial charge in [0.25, 0.3) is 11.8 Å². The number of ether oxygens (including phenoxy) is 2. The first-order valence-electron chi connectivity index (χ1n) is 11.7. The Balaban J connectivity index is 1.64. The zero-order chi connectivity index (χ0) is 27.0. The number of esters is 1. The number of hydrogen-bond donors (Lipinski definition) is 1. The van der Waals surface area contributed by atoms with E-state index < -0.39 is 35.1 Å². The fourth-order valence-electron chi connectivity index (χ4n) is 4.40.